The molecule has 2 saturated heterocycles. The molecule has 0 radical (unpaired) electrons. The van der Waals surface area contributed by atoms with Gasteiger partial charge in [-0.25, -0.2) is 4.98 Å². The van der Waals surface area contributed by atoms with Crippen LogP contribution in [0.3, 0.4) is 0 Å². The molecule has 5 nitrogen and oxygen atoms in total. The predicted molar refractivity (Wildman–Crippen MR) is 71.3 cm³/mol. The zero-order valence-electron chi connectivity index (χ0n) is 10.9. The molecule has 0 saturated carbocycles. The zero-order valence-corrected chi connectivity index (χ0v) is 11.8. The van der Waals surface area contributed by atoms with Crippen molar-refractivity contribution in [1.29, 1.82) is 0 Å². The number of aromatic nitrogens is 1. The van der Waals surface area contributed by atoms with Crippen molar-refractivity contribution >= 4 is 17.2 Å². The lowest BCUT2D eigenvalue weighted by molar-refractivity contribution is -0.0737. The number of hydrogen-bond acceptors (Lipinski definition) is 5. The van der Waals surface area contributed by atoms with E-state index in [9.17, 15) is 4.79 Å². The summed E-state index contributed by atoms with van der Waals surface area (Å²) in [6.45, 7) is 4.00. The fourth-order valence-electron chi connectivity index (χ4n) is 2.97. The molecule has 0 spiro atoms. The van der Waals surface area contributed by atoms with Gasteiger partial charge in [0.15, 0.2) is 0 Å². The first-order chi connectivity index (χ1) is 9.31. The molecule has 19 heavy (non-hydrogen) atoms. The molecule has 0 aromatic carbocycles. The zero-order chi connectivity index (χ0) is 13.2. The maximum absolute atomic E-state index is 12.5. The van der Waals surface area contributed by atoms with Crippen molar-refractivity contribution in [1.82, 2.24) is 9.88 Å². The number of amides is 1. The van der Waals surface area contributed by atoms with Crippen LogP contribution in [-0.2, 0) is 9.47 Å². The summed E-state index contributed by atoms with van der Waals surface area (Å²) in [4.78, 5) is 18.5. The summed E-state index contributed by atoms with van der Waals surface area (Å²) in [5, 5.41) is 1.80. The highest BCUT2D eigenvalue weighted by molar-refractivity contribution is 7.07. The highest BCUT2D eigenvalue weighted by Gasteiger charge is 2.46. The molecule has 3 atom stereocenters. The summed E-state index contributed by atoms with van der Waals surface area (Å²) < 4.78 is 11.6. The average molecular weight is 282 g/mol. The van der Waals surface area contributed by atoms with Crippen LogP contribution in [0.15, 0.2) is 10.9 Å². The fourth-order valence-corrected chi connectivity index (χ4v) is 3.49. The minimum atomic E-state index is -0.00196. The number of fused-ring (bicyclic) bond motifs is 1. The smallest absolute Gasteiger partial charge is 0.273 e. The van der Waals surface area contributed by atoms with Gasteiger partial charge in [-0.3, -0.25) is 4.79 Å². The Morgan fingerprint density at radius 3 is 3.32 bits per heavy atom. The molecule has 1 aromatic heterocycles. The second kappa shape index (κ2) is 5.56. The molecular formula is C13H18N2O3S. The van der Waals surface area contributed by atoms with E-state index in [4.69, 9.17) is 9.47 Å². The first-order valence-electron chi connectivity index (χ1n) is 6.73. The first-order valence-corrected chi connectivity index (χ1v) is 7.68. The third kappa shape index (κ3) is 2.40. The van der Waals surface area contributed by atoms with E-state index in [1.54, 1.807) is 10.9 Å². The molecule has 1 aromatic rings. The van der Waals surface area contributed by atoms with Crippen LogP contribution in [0.2, 0.25) is 0 Å². The average Bonchev–Trinajstić information content (AvgIpc) is 3.07. The number of hydrogen-bond donors (Lipinski definition) is 0. The molecule has 1 amide bonds. The lowest BCUT2D eigenvalue weighted by atomic mass is 10.0. The summed E-state index contributed by atoms with van der Waals surface area (Å²) >= 11 is 1.45. The Labute approximate surface area is 116 Å². The maximum atomic E-state index is 12.5. The summed E-state index contributed by atoms with van der Waals surface area (Å²) in [6.07, 6.45) is 2.01. The lowest BCUT2D eigenvalue weighted by Gasteiger charge is -2.31. The van der Waals surface area contributed by atoms with Gasteiger partial charge in [-0.15, -0.1) is 11.3 Å². The van der Waals surface area contributed by atoms with Crippen LogP contribution < -0.4 is 0 Å². The van der Waals surface area contributed by atoms with E-state index in [0.717, 1.165) is 19.4 Å². The van der Waals surface area contributed by atoms with Crippen molar-refractivity contribution in [2.75, 3.05) is 19.8 Å². The molecule has 6 heteroatoms. The van der Waals surface area contributed by atoms with Gasteiger partial charge in [-0.2, -0.15) is 0 Å². The molecular weight excluding hydrogens is 264 g/mol. The second-order valence-corrected chi connectivity index (χ2v) is 5.59. The van der Waals surface area contributed by atoms with E-state index in [1.165, 1.54) is 11.3 Å². The second-order valence-electron chi connectivity index (χ2n) is 4.87. The van der Waals surface area contributed by atoms with Gasteiger partial charge in [0.05, 0.1) is 18.1 Å². The molecule has 0 N–H and O–H groups in total. The van der Waals surface area contributed by atoms with Gasteiger partial charge in [0.1, 0.15) is 17.9 Å². The molecule has 0 aliphatic carbocycles. The van der Waals surface area contributed by atoms with Gasteiger partial charge in [0.2, 0.25) is 0 Å². The van der Waals surface area contributed by atoms with Crippen molar-refractivity contribution in [2.45, 2.75) is 38.0 Å². The van der Waals surface area contributed by atoms with Crippen LogP contribution in [0.1, 0.15) is 30.3 Å². The van der Waals surface area contributed by atoms with Crippen LogP contribution in [0.4, 0.5) is 0 Å². The van der Waals surface area contributed by atoms with Gasteiger partial charge < -0.3 is 14.4 Å². The molecule has 3 heterocycles. The Morgan fingerprint density at radius 2 is 2.58 bits per heavy atom. The fraction of sp³-hybridized carbons (Fsp3) is 0.692. The highest BCUT2D eigenvalue weighted by atomic mass is 32.1. The lowest BCUT2D eigenvalue weighted by Crippen LogP contribution is -2.44. The number of nitrogens with zero attached hydrogens (tertiary/aromatic N) is 2. The van der Waals surface area contributed by atoms with Crippen molar-refractivity contribution in [3.63, 3.8) is 0 Å². The van der Waals surface area contributed by atoms with Crippen molar-refractivity contribution in [2.24, 2.45) is 0 Å². The number of carbonyl (C=O) groups is 1. The number of ether oxygens (including phenoxy) is 2. The Morgan fingerprint density at radius 1 is 1.68 bits per heavy atom. The van der Waals surface area contributed by atoms with Crippen LogP contribution in [0.5, 0.6) is 0 Å². The topological polar surface area (TPSA) is 51.7 Å². The monoisotopic (exact) mass is 282 g/mol. The van der Waals surface area contributed by atoms with E-state index < -0.39 is 0 Å². The van der Waals surface area contributed by atoms with E-state index in [0.29, 0.717) is 18.8 Å². The number of likely N-dealkylation sites (tertiary alicyclic amines) is 1. The normalized spacial score (nSPS) is 30.4. The van der Waals surface area contributed by atoms with Gasteiger partial charge in [0, 0.05) is 18.6 Å². The standard InChI is InChI=1S/C13H18N2O3S/c1-2-17-11-6-15(10-4-3-5-18-12(10)11)13(16)9-7-19-8-14-9/h7-8,10-12H,2-6H2,1H3/t10-,11+,12+/m0/s1. The van der Waals surface area contributed by atoms with Crippen LogP contribution >= 0.6 is 11.3 Å². The molecule has 0 unspecified atom stereocenters. The molecule has 0 bridgehead atoms. The van der Waals surface area contributed by atoms with E-state index >= 15 is 0 Å². The summed E-state index contributed by atoms with van der Waals surface area (Å²) in [5.74, 6) is 0.00366. The van der Waals surface area contributed by atoms with E-state index in [-0.39, 0.29) is 24.2 Å². The summed E-state index contributed by atoms with van der Waals surface area (Å²) in [7, 11) is 0. The summed E-state index contributed by atoms with van der Waals surface area (Å²) in [6, 6.07) is 0.138. The Bertz CT molecular complexity index is 437. The molecule has 3 rings (SSSR count). The minimum Gasteiger partial charge on any atom is -0.374 e. The van der Waals surface area contributed by atoms with Gasteiger partial charge >= 0.3 is 0 Å². The quantitative estimate of drug-likeness (QED) is 0.844. The van der Waals surface area contributed by atoms with Crippen LogP contribution in [0.25, 0.3) is 0 Å². The van der Waals surface area contributed by atoms with Gasteiger partial charge in [-0.05, 0) is 19.8 Å². The largest absolute Gasteiger partial charge is 0.374 e. The van der Waals surface area contributed by atoms with Crippen LogP contribution in [0, 0.1) is 0 Å². The van der Waals surface area contributed by atoms with Crippen molar-refractivity contribution in [3.8, 4) is 0 Å². The minimum absolute atomic E-state index is 0.00196. The third-order valence-electron chi connectivity index (χ3n) is 3.77. The van der Waals surface area contributed by atoms with E-state index in [1.807, 2.05) is 11.8 Å². The Kier molecular flexibility index (Phi) is 3.81. The molecule has 2 aliphatic heterocycles. The maximum Gasteiger partial charge on any atom is 0.273 e. The molecule has 2 aliphatic rings. The van der Waals surface area contributed by atoms with Gasteiger partial charge in [0.25, 0.3) is 5.91 Å². The molecule has 104 valence electrons. The highest BCUT2D eigenvalue weighted by Crippen LogP contribution is 2.31. The van der Waals surface area contributed by atoms with Gasteiger partial charge in [-0.1, -0.05) is 0 Å². The Hall–Kier alpha value is -0.980. The van der Waals surface area contributed by atoms with Crippen LogP contribution in [-0.4, -0.2) is 53.8 Å². The third-order valence-corrected chi connectivity index (χ3v) is 4.36. The molecule has 2 fully saturated rings. The first kappa shape index (κ1) is 13.0. The number of rotatable bonds is 3. The van der Waals surface area contributed by atoms with E-state index in [2.05, 4.69) is 4.98 Å². The van der Waals surface area contributed by atoms with Crippen molar-refractivity contribution in [3.05, 3.63) is 16.6 Å². The number of carbonyl (C=O) groups excluding carboxylic acids is 1. The Balaban J connectivity index is 1.79. The SMILES string of the molecule is CCO[C@@H]1CN(C(=O)c2cscn2)[C@H]2CCCO[C@@H]12. The summed E-state index contributed by atoms with van der Waals surface area (Å²) in [5.41, 5.74) is 2.23. The number of thiazole rings is 1. The predicted octanol–water partition coefficient (Wildman–Crippen LogP) is 1.55. The van der Waals surface area contributed by atoms with Crippen molar-refractivity contribution < 1.29 is 14.3 Å².